The van der Waals surface area contributed by atoms with Crippen molar-refractivity contribution in [2.24, 2.45) is 0 Å². The number of benzene rings is 4. The smallest absolute Gasteiger partial charge is 0.145 e. The molecule has 0 amide bonds. The van der Waals surface area contributed by atoms with Crippen LogP contribution in [-0.2, 0) is 22.7 Å². The van der Waals surface area contributed by atoms with Gasteiger partial charge in [0.15, 0.2) is 0 Å². The van der Waals surface area contributed by atoms with Crippen LogP contribution in [0.1, 0.15) is 11.1 Å². The number of ether oxygens (including phenoxy) is 3. The Morgan fingerprint density at radius 1 is 0.684 bits per heavy atom. The van der Waals surface area contributed by atoms with Crippen molar-refractivity contribution in [3.8, 4) is 17.0 Å². The van der Waals surface area contributed by atoms with Gasteiger partial charge in [0, 0.05) is 29.8 Å². The van der Waals surface area contributed by atoms with Gasteiger partial charge in [-0.3, -0.25) is 0 Å². The number of anilines is 1. The van der Waals surface area contributed by atoms with Gasteiger partial charge in [-0.05, 0) is 41.5 Å². The minimum atomic E-state index is -0.267. The van der Waals surface area contributed by atoms with Crippen molar-refractivity contribution in [3.05, 3.63) is 126 Å². The molecule has 0 aliphatic heterocycles. The highest BCUT2D eigenvalue weighted by molar-refractivity contribution is 5.83. The van der Waals surface area contributed by atoms with Crippen LogP contribution in [0.15, 0.2) is 115 Å². The molecule has 5 heteroatoms. The fraction of sp³-hybridized carbons (Fsp3) is 0.182. The highest BCUT2D eigenvalue weighted by Crippen LogP contribution is 2.26. The van der Waals surface area contributed by atoms with Crippen molar-refractivity contribution in [1.29, 1.82) is 0 Å². The molecule has 0 aliphatic rings. The van der Waals surface area contributed by atoms with Crippen LogP contribution in [0.4, 0.5) is 5.69 Å². The van der Waals surface area contributed by atoms with Gasteiger partial charge >= 0.3 is 0 Å². The lowest BCUT2D eigenvalue weighted by atomic mass is 10.1. The van der Waals surface area contributed by atoms with E-state index in [1.54, 1.807) is 0 Å². The second-order valence-corrected chi connectivity index (χ2v) is 9.12. The summed E-state index contributed by atoms with van der Waals surface area (Å²) < 4.78 is 18.4. The third kappa shape index (κ3) is 6.97. The average Bonchev–Trinajstić information content (AvgIpc) is 2.98. The Hall–Kier alpha value is -4.19. The first-order chi connectivity index (χ1) is 18.8. The standard InChI is InChI=1S/C33H32N2O3/c1-34-29-16-12-27(13-17-29)32-19-15-28-14-18-30(20-33(28)35-32)38-31(23-36-21-25-8-4-2-5-9-25)24-37-22-26-10-6-3-7-11-26/h2-20,31,34H,21-24H2,1H3. The van der Waals surface area contributed by atoms with Gasteiger partial charge in [0.05, 0.1) is 37.6 Å². The Kier molecular flexibility index (Phi) is 8.62. The van der Waals surface area contributed by atoms with Crippen LogP contribution < -0.4 is 10.1 Å². The summed E-state index contributed by atoms with van der Waals surface area (Å²) in [7, 11) is 1.91. The van der Waals surface area contributed by atoms with Gasteiger partial charge in [0.25, 0.3) is 0 Å². The molecule has 1 N–H and O–H groups in total. The Morgan fingerprint density at radius 3 is 1.89 bits per heavy atom. The maximum absolute atomic E-state index is 6.38. The fourth-order valence-electron chi connectivity index (χ4n) is 4.21. The van der Waals surface area contributed by atoms with Gasteiger partial charge < -0.3 is 19.5 Å². The van der Waals surface area contributed by atoms with Crippen LogP contribution in [0.3, 0.4) is 0 Å². The normalized spacial score (nSPS) is 11.1. The molecule has 4 aromatic carbocycles. The molecule has 0 radical (unpaired) electrons. The van der Waals surface area contributed by atoms with E-state index < -0.39 is 0 Å². The van der Waals surface area contributed by atoms with Gasteiger partial charge in [0.2, 0.25) is 0 Å². The lowest BCUT2D eigenvalue weighted by Crippen LogP contribution is -2.28. The van der Waals surface area contributed by atoms with E-state index in [9.17, 15) is 0 Å². The zero-order chi connectivity index (χ0) is 26.0. The molecular formula is C33H32N2O3. The van der Waals surface area contributed by atoms with E-state index in [2.05, 4.69) is 66.0 Å². The maximum Gasteiger partial charge on any atom is 0.145 e. The largest absolute Gasteiger partial charge is 0.486 e. The predicted molar refractivity (Wildman–Crippen MR) is 153 cm³/mol. The first kappa shape index (κ1) is 25.5. The molecule has 1 heterocycles. The molecule has 192 valence electrons. The molecule has 0 spiro atoms. The van der Waals surface area contributed by atoms with E-state index in [0.29, 0.717) is 26.4 Å². The quantitative estimate of drug-likeness (QED) is 0.196. The van der Waals surface area contributed by atoms with Crippen LogP contribution in [0, 0.1) is 0 Å². The van der Waals surface area contributed by atoms with Crippen LogP contribution in [0.25, 0.3) is 22.2 Å². The molecule has 0 saturated heterocycles. The lowest BCUT2D eigenvalue weighted by molar-refractivity contribution is -0.0156. The molecule has 0 fully saturated rings. The maximum atomic E-state index is 6.38. The monoisotopic (exact) mass is 504 g/mol. The number of pyridine rings is 1. The number of fused-ring (bicyclic) bond motifs is 1. The molecule has 0 atom stereocenters. The van der Waals surface area contributed by atoms with E-state index in [-0.39, 0.29) is 6.10 Å². The highest BCUT2D eigenvalue weighted by atomic mass is 16.6. The predicted octanol–water partition coefficient (Wildman–Crippen LogP) is 7.12. The lowest BCUT2D eigenvalue weighted by Gasteiger charge is -2.20. The zero-order valence-corrected chi connectivity index (χ0v) is 21.5. The number of hydrogen-bond acceptors (Lipinski definition) is 5. The van der Waals surface area contributed by atoms with E-state index >= 15 is 0 Å². The molecule has 5 aromatic rings. The summed E-state index contributed by atoms with van der Waals surface area (Å²) in [6.45, 7) is 1.86. The van der Waals surface area contributed by atoms with Crippen LogP contribution in [-0.4, -0.2) is 31.3 Å². The van der Waals surface area contributed by atoms with Gasteiger partial charge in [0.1, 0.15) is 11.9 Å². The summed E-state index contributed by atoms with van der Waals surface area (Å²) in [5, 5.41) is 4.21. The topological polar surface area (TPSA) is 52.6 Å². The molecule has 0 saturated carbocycles. The second kappa shape index (κ2) is 12.9. The third-order valence-electron chi connectivity index (χ3n) is 6.27. The molecule has 0 unspecified atom stereocenters. The molecule has 0 bridgehead atoms. The number of rotatable bonds is 12. The molecule has 5 rings (SSSR count). The Bertz CT molecular complexity index is 1380. The number of nitrogens with one attached hydrogen (secondary N) is 1. The first-order valence-corrected chi connectivity index (χ1v) is 12.9. The summed E-state index contributed by atoms with van der Waals surface area (Å²) in [5.41, 5.74) is 6.19. The van der Waals surface area contributed by atoms with E-state index in [4.69, 9.17) is 19.2 Å². The Morgan fingerprint density at radius 2 is 1.29 bits per heavy atom. The van der Waals surface area contributed by atoms with Gasteiger partial charge in [-0.2, -0.15) is 0 Å². The highest BCUT2D eigenvalue weighted by Gasteiger charge is 2.13. The summed E-state index contributed by atoms with van der Waals surface area (Å²) in [6.07, 6.45) is -0.267. The summed E-state index contributed by atoms with van der Waals surface area (Å²) in [6, 6.07) is 38.7. The van der Waals surface area contributed by atoms with Crippen molar-refractivity contribution in [2.75, 3.05) is 25.6 Å². The van der Waals surface area contributed by atoms with Crippen LogP contribution >= 0.6 is 0 Å². The third-order valence-corrected chi connectivity index (χ3v) is 6.27. The second-order valence-electron chi connectivity index (χ2n) is 9.12. The zero-order valence-electron chi connectivity index (χ0n) is 21.5. The molecule has 38 heavy (non-hydrogen) atoms. The number of nitrogens with zero attached hydrogens (tertiary/aromatic N) is 1. The van der Waals surface area contributed by atoms with Crippen molar-refractivity contribution in [3.63, 3.8) is 0 Å². The minimum absolute atomic E-state index is 0.267. The number of hydrogen-bond donors (Lipinski definition) is 1. The van der Waals surface area contributed by atoms with Gasteiger partial charge in [-0.25, -0.2) is 4.98 Å². The minimum Gasteiger partial charge on any atom is -0.486 e. The summed E-state index contributed by atoms with van der Waals surface area (Å²) in [5.74, 6) is 0.740. The van der Waals surface area contributed by atoms with Crippen molar-refractivity contribution >= 4 is 16.6 Å². The SMILES string of the molecule is CNc1ccc(-c2ccc3ccc(OC(COCc4ccccc4)COCc4ccccc4)cc3n2)cc1. The summed E-state index contributed by atoms with van der Waals surface area (Å²) >= 11 is 0. The van der Waals surface area contributed by atoms with Crippen molar-refractivity contribution in [1.82, 2.24) is 4.98 Å². The van der Waals surface area contributed by atoms with Crippen molar-refractivity contribution < 1.29 is 14.2 Å². The fourth-order valence-corrected chi connectivity index (χ4v) is 4.21. The van der Waals surface area contributed by atoms with E-state index in [1.165, 1.54) is 0 Å². The van der Waals surface area contributed by atoms with Gasteiger partial charge in [-0.15, -0.1) is 0 Å². The Labute approximate surface area is 224 Å². The van der Waals surface area contributed by atoms with Crippen LogP contribution in [0.2, 0.25) is 0 Å². The van der Waals surface area contributed by atoms with Crippen molar-refractivity contribution in [2.45, 2.75) is 19.3 Å². The first-order valence-electron chi connectivity index (χ1n) is 12.9. The molecule has 5 nitrogen and oxygen atoms in total. The summed E-state index contributed by atoms with van der Waals surface area (Å²) in [4.78, 5) is 4.91. The van der Waals surface area contributed by atoms with E-state index in [1.807, 2.05) is 61.6 Å². The van der Waals surface area contributed by atoms with Crippen LogP contribution in [0.5, 0.6) is 5.75 Å². The molecule has 0 aliphatic carbocycles. The Balaban J connectivity index is 1.29. The molecule has 1 aromatic heterocycles. The molecular weight excluding hydrogens is 472 g/mol. The number of aromatic nitrogens is 1. The average molecular weight is 505 g/mol. The van der Waals surface area contributed by atoms with E-state index in [0.717, 1.165) is 44.7 Å². The van der Waals surface area contributed by atoms with Gasteiger partial charge in [-0.1, -0.05) is 78.9 Å².